The highest BCUT2D eigenvalue weighted by atomic mass is 16.5. The van der Waals surface area contributed by atoms with Gasteiger partial charge < -0.3 is 24.6 Å². The molecule has 31 heavy (non-hydrogen) atoms. The molecular formula is C23H19N3O5. The maximum atomic E-state index is 12.9. The van der Waals surface area contributed by atoms with Crippen LogP contribution in [0.4, 0.5) is 5.69 Å². The van der Waals surface area contributed by atoms with Crippen LogP contribution < -0.4 is 21.3 Å². The third kappa shape index (κ3) is 4.32. The molecule has 0 aliphatic rings. The van der Waals surface area contributed by atoms with Gasteiger partial charge in [0.15, 0.2) is 11.3 Å². The summed E-state index contributed by atoms with van der Waals surface area (Å²) in [6.07, 6.45) is 1.54. The second-order valence-electron chi connectivity index (χ2n) is 6.63. The fourth-order valence-electron chi connectivity index (χ4n) is 3.02. The second-order valence-corrected chi connectivity index (χ2v) is 6.63. The fraction of sp³-hybridized carbons (Fsp3) is 0.0870. The summed E-state index contributed by atoms with van der Waals surface area (Å²) in [6, 6.07) is 16.9. The van der Waals surface area contributed by atoms with Crippen molar-refractivity contribution < 1.29 is 23.2 Å². The molecule has 0 aliphatic carbocycles. The van der Waals surface area contributed by atoms with Crippen molar-refractivity contribution >= 4 is 28.5 Å². The van der Waals surface area contributed by atoms with Crippen molar-refractivity contribution in [3.63, 3.8) is 0 Å². The summed E-state index contributed by atoms with van der Waals surface area (Å²) in [5.41, 5.74) is 6.93. The van der Waals surface area contributed by atoms with Crippen molar-refractivity contribution in [3.05, 3.63) is 89.4 Å². The van der Waals surface area contributed by atoms with Gasteiger partial charge in [0, 0.05) is 10.9 Å². The van der Waals surface area contributed by atoms with Crippen LogP contribution in [0.25, 0.3) is 11.0 Å². The van der Waals surface area contributed by atoms with E-state index < -0.39 is 5.91 Å². The lowest BCUT2D eigenvalue weighted by Crippen LogP contribution is -2.28. The lowest BCUT2D eigenvalue weighted by atomic mass is 10.1. The number of hydrogen-bond donors (Lipinski definition) is 2. The highest BCUT2D eigenvalue weighted by molar-refractivity contribution is 5.97. The van der Waals surface area contributed by atoms with Crippen LogP contribution in [0.15, 0.2) is 80.8 Å². The third-order valence-corrected chi connectivity index (χ3v) is 4.59. The summed E-state index contributed by atoms with van der Waals surface area (Å²) in [5.74, 6) is 0.218. The van der Waals surface area contributed by atoms with Gasteiger partial charge in [-0.15, -0.1) is 0 Å². The standard InChI is InChI=1S/C23H19N3O5/c1-29-19-6-2-4-15-12-18(22(28)25-13-17-5-3-11-30-17)23(31-20(15)19)26-16-9-7-14(8-10-16)21(24)27/h2-12H,13H2,1H3,(H2,24,27)(H,25,28). The molecule has 8 heteroatoms. The van der Waals surface area contributed by atoms with Gasteiger partial charge in [-0.2, -0.15) is 0 Å². The van der Waals surface area contributed by atoms with Crippen molar-refractivity contribution in [2.24, 2.45) is 10.7 Å². The van der Waals surface area contributed by atoms with Crippen LogP contribution >= 0.6 is 0 Å². The van der Waals surface area contributed by atoms with Crippen LogP contribution in [0.5, 0.6) is 5.75 Å². The normalized spacial score (nSPS) is 11.5. The number of primary amides is 1. The number of para-hydroxylation sites is 1. The molecular weight excluding hydrogens is 398 g/mol. The van der Waals surface area contributed by atoms with Crippen LogP contribution in [0.1, 0.15) is 26.5 Å². The van der Waals surface area contributed by atoms with E-state index in [0.717, 1.165) is 0 Å². The predicted molar refractivity (Wildman–Crippen MR) is 113 cm³/mol. The molecule has 156 valence electrons. The summed E-state index contributed by atoms with van der Waals surface area (Å²) < 4.78 is 16.6. The van der Waals surface area contributed by atoms with Crippen molar-refractivity contribution in [1.82, 2.24) is 5.32 Å². The minimum absolute atomic E-state index is 0.0979. The average molecular weight is 417 g/mol. The van der Waals surface area contributed by atoms with Crippen LogP contribution in [-0.2, 0) is 6.54 Å². The SMILES string of the molecule is COc1cccc2cc(C(=O)NCc3ccco3)c(=Nc3ccc(C(N)=O)cc3)oc12. The zero-order valence-corrected chi connectivity index (χ0v) is 16.6. The van der Waals surface area contributed by atoms with Crippen LogP contribution in [-0.4, -0.2) is 18.9 Å². The molecule has 0 aliphatic heterocycles. The largest absolute Gasteiger partial charge is 0.493 e. The summed E-state index contributed by atoms with van der Waals surface area (Å²) in [5, 5.41) is 3.49. The lowest BCUT2D eigenvalue weighted by molar-refractivity contribution is 0.0943. The Hall–Kier alpha value is -4.33. The van der Waals surface area contributed by atoms with Gasteiger partial charge in [0.2, 0.25) is 11.5 Å². The van der Waals surface area contributed by atoms with Crippen molar-refractivity contribution in [3.8, 4) is 5.75 Å². The topological polar surface area (TPSA) is 120 Å². The van der Waals surface area contributed by atoms with Gasteiger partial charge in [-0.25, -0.2) is 4.99 Å². The van der Waals surface area contributed by atoms with Gasteiger partial charge in [-0.3, -0.25) is 9.59 Å². The summed E-state index contributed by atoms with van der Waals surface area (Å²) in [6.45, 7) is 0.217. The van der Waals surface area contributed by atoms with Gasteiger partial charge >= 0.3 is 0 Å². The van der Waals surface area contributed by atoms with Gasteiger partial charge in [-0.1, -0.05) is 12.1 Å². The molecule has 0 saturated heterocycles. The number of benzene rings is 2. The van der Waals surface area contributed by atoms with E-state index in [0.29, 0.717) is 33.7 Å². The van der Waals surface area contributed by atoms with E-state index in [1.54, 1.807) is 54.6 Å². The highest BCUT2D eigenvalue weighted by Gasteiger charge is 2.15. The number of fused-ring (bicyclic) bond motifs is 1. The van der Waals surface area contributed by atoms with E-state index in [-0.39, 0.29) is 23.6 Å². The van der Waals surface area contributed by atoms with E-state index in [1.807, 2.05) is 6.07 Å². The van der Waals surface area contributed by atoms with Crippen molar-refractivity contribution in [2.75, 3.05) is 7.11 Å². The van der Waals surface area contributed by atoms with Gasteiger partial charge in [0.05, 0.1) is 25.6 Å². The summed E-state index contributed by atoms with van der Waals surface area (Å²) in [4.78, 5) is 28.7. The quantitative estimate of drug-likeness (QED) is 0.499. The number of hydrogen-bond acceptors (Lipinski definition) is 6. The molecule has 0 fully saturated rings. The minimum atomic E-state index is -0.537. The van der Waals surface area contributed by atoms with Crippen molar-refractivity contribution in [2.45, 2.75) is 6.54 Å². The third-order valence-electron chi connectivity index (χ3n) is 4.59. The van der Waals surface area contributed by atoms with E-state index in [1.165, 1.54) is 13.4 Å². The first-order chi connectivity index (χ1) is 15.0. The Morgan fingerprint density at radius 2 is 1.90 bits per heavy atom. The van der Waals surface area contributed by atoms with E-state index in [4.69, 9.17) is 19.3 Å². The Morgan fingerprint density at radius 3 is 2.58 bits per heavy atom. The first kappa shape index (κ1) is 20.0. The number of nitrogens with one attached hydrogen (secondary N) is 1. The molecule has 3 N–H and O–H groups in total. The minimum Gasteiger partial charge on any atom is -0.493 e. The summed E-state index contributed by atoms with van der Waals surface area (Å²) >= 11 is 0. The number of carbonyl (C=O) groups excluding carboxylic acids is 2. The number of nitrogens with two attached hydrogens (primary N) is 1. The monoisotopic (exact) mass is 417 g/mol. The Kier molecular flexibility index (Phi) is 5.53. The first-order valence-corrected chi connectivity index (χ1v) is 9.41. The molecule has 2 aromatic heterocycles. The van der Waals surface area contributed by atoms with Crippen molar-refractivity contribution in [1.29, 1.82) is 0 Å². The first-order valence-electron chi connectivity index (χ1n) is 9.41. The maximum absolute atomic E-state index is 12.9. The molecule has 2 amide bonds. The number of amides is 2. The number of furan rings is 1. The van der Waals surface area contributed by atoms with Gasteiger partial charge in [0.25, 0.3) is 5.91 Å². The van der Waals surface area contributed by atoms with E-state index in [2.05, 4.69) is 10.3 Å². The molecule has 2 heterocycles. The number of rotatable bonds is 6. The average Bonchev–Trinajstić information content (AvgIpc) is 3.30. The lowest BCUT2D eigenvalue weighted by Gasteiger charge is -2.08. The molecule has 0 spiro atoms. The predicted octanol–water partition coefficient (Wildman–Crippen LogP) is 3.30. The number of methoxy groups -OCH3 is 1. The Balaban J connectivity index is 1.80. The molecule has 0 atom stereocenters. The Labute approximate surface area is 177 Å². The number of nitrogens with zero attached hydrogens (tertiary/aromatic N) is 1. The molecule has 0 unspecified atom stereocenters. The number of carbonyl (C=O) groups is 2. The zero-order valence-electron chi connectivity index (χ0n) is 16.6. The maximum Gasteiger partial charge on any atom is 0.257 e. The molecule has 0 radical (unpaired) electrons. The molecule has 2 aromatic carbocycles. The van der Waals surface area contributed by atoms with Gasteiger partial charge in [0.1, 0.15) is 11.3 Å². The molecule has 0 bridgehead atoms. The molecule has 4 rings (SSSR count). The Morgan fingerprint density at radius 1 is 1.10 bits per heavy atom. The van der Waals surface area contributed by atoms with E-state index in [9.17, 15) is 9.59 Å². The zero-order chi connectivity index (χ0) is 21.8. The molecule has 4 aromatic rings. The van der Waals surface area contributed by atoms with Gasteiger partial charge in [-0.05, 0) is 48.5 Å². The fourth-order valence-corrected chi connectivity index (χ4v) is 3.02. The molecule has 8 nitrogen and oxygen atoms in total. The number of ether oxygens (including phenoxy) is 1. The smallest absolute Gasteiger partial charge is 0.257 e. The van der Waals surface area contributed by atoms with E-state index >= 15 is 0 Å². The van der Waals surface area contributed by atoms with Crippen LogP contribution in [0.3, 0.4) is 0 Å². The highest BCUT2D eigenvalue weighted by Crippen LogP contribution is 2.25. The Bertz CT molecular complexity index is 1310. The summed E-state index contributed by atoms with van der Waals surface area (Å²) in [7, 11) is 1.54. The van der Waals surface area contributed by atoms with Crippen LogP contribution in [0, 0.1) is 0 Å². The van der Waals surface area contributed by atoms with Crippen LogP contribution in [0.2, 0.25) is 0 Å². The molecule has 0 saturated carbocycles. The second kappa shape index (κ2) is 8.58.